The third kappa shape index (κ3) is 6.13. The third-order valence-corrected chi connectivity index (χ3v) is 2.77. The molecule has 3 nitrogen and oxygen atoms in total. The standard InChI is InChI=1S/C12H25NO2/c1-3-4-10(2)8-15-9-12(7-14)13-11-5-6-11/h10-14H,3-9H2,1-2H3. The van der Waals surface area contributed by atoms with Crippen molar-refractivity contribution >= 4 is 0 Å². The molecule has 0 aromatic carbocycles. The predicted octanol–water partition coefficient (Wildman–Crippen LogP) is 1.55. The average molecular weight is 215 g/mol. The largest absolute Gasteiger partial charge is 0.395 e. The highest BCUT2D eigenvalue weighted by Gasteiger charge is 2.24. The normalized spacial score (nSPS) is 20.2. The molecular formula is C12H25NO2. The Bertz CT molecular complexity index is 160. The monoisotopic (exact) mass is 215 g/mol. The molecule has 1 aliphatic carbocycles. The van der Waals surface area contributed by atoms with Gasteiger partial charge in [0.15, 0.2) is 0 Å². The fraction of sp³-hybridized carbons (Fsp3) is 1.00. The van der Waals surface area contributed by atoms with Gasteiger partial charge in [-0.15, -0.1) is 0 Å². The van der Waals surface area contributed by atoms with Gasteiger partial charge in [-0.25, -0.2) is 0 Å². The fourth-order valence-corrected chi connectivity index (χ4v) is 1.72. The lowest BCUT2D eigenvalue weighted by Gasteiger charge is -2.17. The highest BCUT2D eigenvalue weighted by molar-refractivity contribution is 4.84. The second-order valence-electron chi connectivity index (χ2n) is 4.75. The summed E-state index contributed by atoms with van der Waals surface area (Å²) in [5.41, 5.74) is 0. The third-order valence-electron chi connectivity index (χ3n) is 2.77. The van der Waals surface area contributed by atoms with E-state index in [1.807, 2.05) is 0 Å². The van der Waals surface area contributed by atoms with Gasteiger partial charge in [0.25, 0.3) is 0 Å². The Morgan fingerprint density at radius 3 is 2.67 bits per heavy atom. The zero-order valence-electron chi connectivity index (χ0n) is 10.0. The number of nitrogens with one attached hydrogen (secondary N) is 1. The molecule has 2 N–H and O–H groups in total. The van der Waals surface area contributed by atoms with Crippen molar-refractivity contribution in [3.05, 3.63) is 0 Å². The fourth-order valence-electron chi connectivity index (χ4n) is 1.72. The topological polar surface area (TPSA) is 41.5 Å². The Kier molecular flexibility index (Phi) is 6.22. The van der Waals surface area contributed by atoms with Crippen molar-refractivity contribution in [3.8, 4) is 0 Å². The van der Waals surface area contributed by atoms with Gasteiger partial charge in [0.2, 0.25) is 0 Å². The SMILES string of the molecule is CCCC(C)COCC(CO)NC1CC1. The molecule has 2 unspecified atom stereocenters. The van der Waals surface area contributed by atoms with Crippen molar-refractivity contribution in [2.24, 2.45) is 5.92 Å². The highest BCUT2D eigenvalue weighted by Crippen LogP contribution is 2.19. The summed E-state index contributed by atoms with van der Waals surface area (Å²) in [6.45, 7) is 6.05. The van der Waals surface area contributed by atoms with E-state index in [9.17, 15) is 0 Å². The summed E-state index contributed by atoms with van der Waals surface area (Å²) >= 11 is 0. The van der Waals surface area contributed by atoms with Gasteiger partial charge in [-0.1, -0.05) is 20.3 Å². The molecule has 1 fully saturated rings. The summed E-state index contributed by atoms with van der Waals surface area (Å²) in [7, 11) is 0. The maximum atomic E-state index is 9.13. The predicted molar refractivity (Wildman–Crippen MR) is 61.9 cm³/mol. The van der Waals surface area contributed by atoms with Crippen LogP contribution in [0, 0.1) is 5.92 Å². The minimum atomic E-state index is 0.131. The quantitative estimate of drug-likeness (QED) is 0.613. The average Bonchev–Trinajstić information content (AvgIpc) is 3.00. The summed E-state index contributed by atoms with van der Waals surface area (Å²) in [5.74, 6) is 0.635. The second-order valence-corrected chi connectivity index (χ2v) is 4.75. The molecule has 0 radical (unpaired) electrons. The first kappa shape index (κ1) is 12.9. The van der Waals surface area contributed by atoms with Crippen LogP contribution < -0.4 is 5.32 Å². The van der Waals surface area contributed by atoms with Crippen LogP contribution in [-0.2, 0) is 4.74 Å². The van der Waals surface area contributed by atoms with Crippen LogP contribution in [0.15, 0.2) is 0 Å². The number of aliphatic hydroxyl groups excluding tert-OH is 1. The molecule has 0 aromatic heterocycles. The maximum absolute atomic E-state index is 9.13. The van der Waals surface area contributed by atoms with Crippen LogP contribution >= 0.6 is 0 Å². The first-order valence-electron chi connectivity index (χ1n) is 6.20. The maximum Gasteiger partial charge on any atom is 0.0642 e. The molecule has 1 rings (SSSR count). The molecule has 3 heteroatoms. The first-order valence-corrected chi connectivity index (χ1v) is 6.20. The van der Waals surface area contributed by atoms with Gasteiger partial charge in [-0.2, -0.15) is 0 Å². The summed E-state index contributed by atoms with van der Waals surface area (Å²) in [4.78, 5) is 0. The van der Waals surface area contributed by atoms with Gasteiger partial charge in [0, 0.05) is 12.6 Å². The minimum absolute atomic E-state index is 0.131. The van der Waals surface area contributed by atoms with E-state index in [2.05, 4.69) is 19.2 Å². The Morgan fingerprint density at radius 2 is 2.13 bits per heavy atom. The Morgan fingerprint density at radius 1 is 1.40 bits per heavy atom. The zero-order valence-corrected chi connectivity index (χ0v) is 10.0. The van der Waals surface area contributed by atoms with E-state index in [-0.39, 0.29) is 12.6 Å². The van der Waals surface area contributed by atoms with E-state index in [0.29, 0.717) is 18.6 Å². The molecule has 0 spiro atoms. The molecule has 15 heavy (non-hydrogen) atoms. The Labute approximate surface area is 93.2 Å². The van der Waals surface area contributed by atoms with Gasteiger partial charge in [0.05, 0.1) is 19.3 Å². The number of ether oxygens (including phenoxy) is 1. The molecule has 0 heterocycles. The van der Waals surface area contributed by atoms with Crippen LogP contribution in [0.25, 0.3) is 0 Å². The Balaban J connectivity index is 2.00. The molecule has 0 saturated heterocycles. The second kappa shape index (κ2) is 7.20. The molecule has 1 aliphatic rings. The van der Waals surface area contributed by atoms with Crippen molar-refractivity contribution in [2.45, 2.75) is 51.6 Å². The lowest BCUT2D eigenvalue weighted by atomic mass is 10.1. The highest BCUT2D eigenvalue weighted by atomic mass is 16.5. The number of aliphatic hydroxyl groups is 1. The molecule has 0 aliphatic heterocycles. The van der Waals surface area contributed by atoms with E-state index in [0.717, 1.165) is 6.61 Å². The van der Waals surface area contributed by atoms with Gasteiger partial charge in [-0.3, -0.25) is 0 Å². The molecule has 0 amide bonds. The summed E-state index contributed by atoms with van der Waals surface area (Å²) < 4.78 is 5.61. The van der Waals surface area contributed by atoms with Crippen LogP contribution in [-0.4, -0.2) is 37.0 Å². The first-order chi connectivity index (χ1) is 7.26. The smallest absolute Gasteiger partial charge is 0.0642 e. The lowest BCUT2D eigenvalue weighted by molar-refractivity contribution is 0.0663. The summed E-state index contributed by atoms with van der Waals surface area (Å²) in [6, 6.07) is 0.769. The van der Waals surface area contributed by atoms with Crippen LogP contribution in [0.3, 0.4) is 0 Å². The lowest BCUT2D eigenvalue weighted by Crippen LogP contribution is -2.38. The van der Waals surface area contributed by atoms with Crippen molar-refractivity contribution in [1.82, 2.24) is 5.32 Å². The van der Waals surface area contributed by atoms with Gasteiger partial charge >= 0.3 is 0 Å². The van der Waals surface area contributed by atoms with Crippen LogP contribution in [0.1, 0.15) is 39.5 Å². The van der Waals surface area contributed by atoms with Gasteiger partial charge < -0.3 is 15.2 Å². The number of hydrogen-bond donors (Lipinski definition) is 2. The molecule has 0 aromatic rings. The molecule has 2 atom stereocenters. The van der Waals surface area contributed by atoms with Crippen molar-refractivity contribution < 1.29 is 9.84 Å². The number of hydrogen-bond acceptors (Lipinski definition) is 3. The van der Waals surface area contributed by atoms with E-state index in [4.69, 9.17) is 9.84 Å². The van der Waals surface area contributed by atoms with Crippen LogP contribution in [0.2, 0.25) is 0 Å². The zero-order chi connectivity index (χ0) is 11.1. The van der Waals surface area contributed by atoms with Crippen LogP contribution in [0.5, 0.6) is 0 Å². The van der Waals surface area contributed by atoms with E-state index in [1.165, 1.54) is 25.7 Å². The minimum Gasteiger partial charge on any atom is -0.395 e. The van der Waals surface area contributed by atoms with Crippen LogP contribution in [0.4, 0.5) is 0 Å². The number of rotatable bonds is 9. The van der Waals surface area contributed by atoms with E-state index < -0.39 is 0 Å². The van der Waals surface area contributed by atoms with E-state index >= 15 is 0 Å². The molecule has 0 bridgehead atoms. The van der Waals surface area contributed by atoms with Gasteiger partial charge in [0.1, 0.15) is 0 Å². The van der Waals surface area contributed by atoms with E-state index in [1.54, 1.807) is 0 Å². The van der Waals surface area contributed by atoms with Crippen molar-refractivity contribution in [1.29, 1.82) is 0 Å². The van der Waals surface area contributed by atoms with Crippen molar-refractivity contribution in [2.75, 3.05) is 19.8 Å². The molecular weight excluding hydrogens is 190 g/mol. The summed E-state index contributed by atoms with van der Waals surface area (Å²) in [5, 5.41) is 12.5. The van der Waals surface area contributed by atoms with Crippen molar-refractivity contribution in [3.63, 3.8) is 0 Å². The Hall–Kier alpha value is -0.120. The van der Waals surface area contributed by atoms with Gasteiger partial charge in [-0.05, 0) is 25.2 Å². The molecule has 1 saturated carbocycles. The molecule has 90 valence electrons. The summed E-state index contributed by atoms with van der Waals surface area (Å²) in [6.07, 6.45) is 4.94.